The van der Waals surface area contributed by atoms with Gasteiger partial charge in [-0.3, -0.25) is 4.79 Å². The van der Waals surface area contributed by atoms with Crippen LogP contribution in [0.25, 0.3) is 0 Å². The topological polar surface area (TPSA) is 58.6 Å². The third kappa shape index (κ3) is 3.61. The maximum atomic E-state index is 12.2. The van der Waals surface area contributed by atoms with E-state index in [1.165, 1.54) is 0 Å². The van der Waals surface area contributed by atoms with E-state index in [-0.39, 0.29) is 12.5 Å². The second-order valence-corrected chi connectivity index (χ2v) is 4.79. The summed E-state index contributed by atoms with van der Waals surface area (Å²) in [7, 11) is 1.58. The van der Waals surface area contributed by atoms with Gasteiger partial charge >= 0.3 is 0 Å². The van der Waals surface area contributed by atoms with E-state index in [1.54, 1.807) is 19.2 Å². The van der Waals surface area contributed by atoms with Gasteiger partial charge in [-0.1, -0.05) is 30.3 Å². The van der Waals surface area contributed by atoms with Crippen LogP contribution in [-0.2, 0) is 13.2 Å². The minimum absolute atomic E-state index is 0.0373. The number of benzene rings is 2. The molecule has 0 unspecified atom stereocenters. The van der Waals surface area contributed by atoms with Gasteiger partial charge in [-0.2, -0.15) is 0 Å². The highest BCUT2D eigenvalue weighted by Gasteiger charge is 2.09. The van der Waals surface area contributed by atoms with E-state index in [4.69, 9.17) is 4.74 Å². The van der Waals surface area contributed by atoms with Gasteiger partial charge in [-0.25, -0.2) is 0 Å². The molecule has 0 aliphatic carbocycles. The number of aliphatic hydroxyl groups is 1. The van der Waals surface area contributed by atoms with Crippen LogP contribution in [0.5, 0.6) is 5.75 Å². The molecule has 0 aliphatic rings. The van der Waals surface area contributed by atoms with Crippen molar-refractivity contribution in [3.63, 3.8) is 0 Å². The average molecular weight is 285 g/mol. The maximum Gasteiger partial charge on any atom is 0.251 e. The number of carbonyl (C=O) groups is 1. The van der Waals surface area contributed by atoms with Crippen molar-refractivity contribution in [3.8, 4) is 5.75 Å². The summed E-state index contributed by atoms with van der Waals surface area (Å²) >= 11 is 0. The predicted molar refractivity (Wildman–Crippen MR) is 81.3 cm³/mol. The molecular formula is C17H19NO3. The monoisotopic (exact) mass is 285 g/mol. The van der Waals surface area contributed by atoms with Gasteiger partial charge in [0.05, 0.1) is 13.7 Å². The molecule has 2 rings (SSSR count). The Morgan fingerprint density at radius 2 is 1.90 bits per heavy atom. The molecule has 0 bridgehead atoms. The van der Waals surface area contributed by atoms with E-state index in [0.717, 1.165) is 16.7 Å². The van der Waals surface area contributed by atoms with E-state index in [1.807, 2.05) is 37.3 Å². The largest absolute Gasteiger partial charge is 0.496 e. The molecule has 4 heteroatoms. The van der Waals surface area contributed by atoms with Crippen molar-refractivity contribution < 1.29 is 14.6 Å². The summed E-state index contributed by atoms with van der Waals surface area (Å²) in [6.07, 6.45) is 0. The van der Waals surface area contributed by atoms with Crippen LogP contribution in [0.15, 0.2) is 42.5 Å². The van der Waals surface area contributed by atoms with Crippen molar-refractivity contribution >= 4 is 5.91 Å². The van der Waals surface area contributed by atoms with Crippen LogP contribution in [0.4, 0.5) is 0 Å². The lowest BCUT2D eigenvalue weighted by molar-refractivity contribution is 0.0950. The molecule has 0 saturated heterocycles. The van der Waals surface area contributed by atoms with Crippen molar-refractivity contribution in [3.05, 3.63) is 64.7 Å². The number of hydrogen-bond donors (Lipinski definition) is 2. The van der Waals surface area contributed by atoms with Crippen molar-refractivity contribution in [2.24, 2.45) is 0 Å². The highest BCUT2D eigenvalue weighted by molar-refractivity contribution is 5.94. The minimum Gasteiger partial charge on any atom is -0.496 e. The summed E-state index contributed by atoms with van der Waals surface area (Å²) in [6.45, 7) is 2.27. The van der Waals surface area contributed by atoms with Crippen LogP contribution >= 0.6 is 0 Å². The van der Waals surface area contributed by atoms with E-state index in [0.29, 0.717) is 17.9 Å². The van der Waals surface area contributed by atoms with Gasteiger partial charge < -0.3 is 15.2 Å². The van der Waals surface area contributed by atoms with Gasteiger partial charge in [0.2, 0.25) is 0 Å². The first-order valence-electron chi connectivity index (χ1n) is 6.76. The Labute approximate surface area is 124 Å². The van der Waals surface area contributed by atoms with Crippen LogP contribution < -0.4 is 10.1 Å². The first kappa shape index (κ1) is 15.1. The van der Waals surface area contributed by atoms with Gasteiger partial charge in [0.25, 0.3) is 5.91 Å². The highest BCUT2D eigenvalue weighted by Crippen LogP contribution is 2.19. The standard InChI is InChI=1S/C17H19NO3/c1-12-7-8-13(9-16(12)21-2)17(20)18-10-14-5-3-4-6-15(14)11-19/h3-9,19H,10-11H2,1-2H3,(H,18,20). The molecule has 21 heavy (non-hydrogen) atoms. The van der Waals surface area contributed by atoms with Gasteiger partial charge in [0, 0.05) is 12.1 Å². The summed E-state index contributed by atoms with van der Waals surface area (Å²) in [5, 5.41) is 12.1. The molecule has 0 aliphatic heterocycles. The van der Waals surface area contributed by atoms with Crippen LogP contribution in [0.1, 0.15) is 27.0 Å². The third-order valence-corrected chi connectivity index (χ3v) is 3.40. The Morgan fingerprint density at radius 1 is 1.19 bits per heavy atom. The summed E-state index contributed by atoms with van der Waals surface area (Å²) in [5.74, 6) is 0.527. The smallest absolute Gasteiger partial charge is 0.251 e. The molecule has 110 valence electrons. The van der Waals surface area contributed by atoms with E-state index < -0.39 is 0 Å². The Morgan fingerprint density at radius 3 is 2.57 bits per heavy atom. The molecular weight excluding hydrogens is 266 g/mol. The van der Waals surface area contributed by atoms with Crippen molar-refractivity contribution in [1.29, 1.82) is 0 Å². The van der Waals surface area contributed by atoms with Crippen LogP contribution in [-0.4, -0.2) is 18.1 Å². The van der Waals surface area contributed by atoms with Gasteiger partial charge in [-0.05, 0) is 35.7 Å². The zero-order valence-electron chi connectivity index (χ0n) is 12.2. The molecule has 0 spiro atoms. The number of ether oxygens (including phenoxy) is 1. The molecule has 2 aromatic carbocycles. The third-order valence-electron chi connectivity index (χ3n) is 3.40. The molecule has 2 N–H and O–H groups in total. The fraction of sp³-hybridized carbons (Fsp3) is 0.235. The second kappa shape index (κ2) is 6.90. The number of amides is 1. The lowest BCUT2D eigenvalue weighted by atomic mass is 10.1. The molecule has 2 aromatic rings. The van der Waals surface area contributed by atoms with Crippen molar-refractivity contribution in [2.75, 3.05) is 7.11 Å². The highest BCUT2D eigenvalue weighted by atomic mass is 16.5. The van der Waals surface area contributed by atoms with Crippen LogP contribution in [0.2, 0.25) is 0 Å². The second-order valence-electron chi connectivity index (χ2n) is 4.79. The Kier molecular flexibility index (Phi) is 4.95. The van der Waals surface area contributed by atoms with E-state index >= 15 is 0 Å². The number of methoxy groups -OCH3 is 1. The first-order chi connectivity index (χ1) is 10.2. The van der Waals surface area contributed by atoms with E-state index in [9.17, 15) is 9.90 Å². The lowest BCUT2D eigenvalue weighted by Gasteiger charge is -2.10. The molecule has 1 amide bonds. The minimum atomic E-state index is -0.166. The molecule has 0 atom stereocenters. The fourth-order valence-corrected chi connectivity index (χ4v) is 2.12. The number of aliphatic hydroxyl groups excluding tert-OH is 1. The molecule has 0 fully saturated rings. The van der Waals surface area contributed by atoms with Gasteiger partial charge in [0.1, 0.15) is 5.75 Å². The lowest BCUT2D eigenvalue weighted by Crippen LogP contribution is -2.23. The quantitative estimate of drug-likeness (QED) is 0.887. The molecule has 4 nitrogen and oxygen atoms in total. The number of nitrogens with one attached hydrogen (secondary N) is 1. The van der Waals surface area contributed by atoms with Crippen LogP contribution in [0, 0.1) is 6.92 Å². The summed E-state index contributed by atoms with van der Waals surface area (Å²) in [5.41, 5.74) is 3.27. The molecule has 0 radical (unpaired) electrons. The van der Waals surface area contributed by atoms with Crippen LogP contribution in [0.3, 0.4) is 0 Å². The maximum absolute atomic E-state index is 12.2. The number of hydrogen-bond acceptors (Lipinski definition) is 3. The first-order valence-corrected chi connectivity index (χ1v) is 6.76. The number of carbonyl (C=O) groups excluding carboxylic acids is 1. The molecule has 0 heterocycles. The Balaban J connectivity index is 2.08. The van der Waals surface area contributed by atoms with Gasteiger partial charge in [0.15, 0.2) is 0 Å². The van der Waals surface area contributed by atoms with Gasteiger partial charge in [-0.15, -0.1) is 0 Å². The summed E-state index contributed by atoms with van der Waals surface area (Å²) in [6, 6.07) is 12.8. The summed E-state index contributed by atoms with van der Waals surface area (Å²) in [4.78, 5) is 12.2. The average Bonchev–Trinajstić information content (AvgIpc) is 2.53. The Bertz CT molecular complexity index is 638. The van der Waals surface area contributed by atoms with Crippen molar-refractivity contribution in [2.45, 2.75) is 20.1 Å². The normalized spacial score (nSPS) is 10.2. The SMILES string of the molecule is COc1cc(C(=O)NCc2ccccc2CO)ccc1C. The molecule has 0 aromatic heterocycles. The fourth-order valence-electron chi connectivity index (χ4n) is 2.12. The molecule has 0 saturated carbocycles. The Hall–Kier alpha value is -2.33. The summed E-state index contributed by atoms with van der Waals surface area (Å²) < 4.78 is 5.22. The van der Waals surface area contributed by atoms with E-state index in [2.05, 4.69) is 5.32 Å². The number of aryl methyl sites for hydroxylation is 1. The number of rotatable bonds is 5. The van der Waals surface area contributed by atoms with Crippen molar-refractivity contribution in [1.82, 2.24) is 5.32 Å². The predicted octanol–water partition coefficient (Wildman–Crippen LogP) is 2.43. The zero-order chi connectivity index (χ0) is 15.2. The zero-order valence-corrected chi connectivity index (χ0v) is 12.2.